The molecule has 1 aromatic carbocycles. The summed E-state index contributed by atoms with van der Waals surface area (Å²) in [5.41, 5.74) is 1.07. The minimum Gasteiger partial charge on any atom is -0.355 e. The summed E-state index contributed by atoms with van der Waals surface area (Å²) in [5, 5.41) is 3.74. The fourth-order valence-electron chi connectivity index (χ4n) is 4.96. The van der Waals surface area contributed by atoms with Gasteiger partial charge in [0.1, 0.15) is 9.84 Å². The molecule has 2 aromatic rings. The number of amides is 1. The van der Waals surface area contributed by atoms with Crippen molar-refractivity contribution in [1.29, 1.82) is 0 Å². The summed E-state index contributed by atoms with van der Waals surface area (Å²) in [6.07, 6.45) is 7.65. The van der Waals surface area contributed by atoms with Gasteiger partial charge < -0.3 is 15.1 Å². The van der Waals surface area contributed by atoms with Crippen LogP contribution in [0.25, 0.3) is 0 Å². The van der Waals surface area contributed by atoms with E-state index in [-0.39, 0.29) is 11.2 Å². The third-order valence-corrected chi connectivity index (χ3v) is 9.20. The minimum absolute atomic E-state index is 0.178. The fourth-order valence-corrected chi connectivity index (χ4v) is 6.38. The largest absolute Gasteiger partial charge is 0.355 e. The van der Waals surface area contributed by atoms with Crippen LogP contribution in [0, 0.1) is 5.92 Å². The molecule has 0 saturated carbocycles. The molecule has 4 rings (SSSR count). The normalized spacial score (nSPS) is 18.5. The van der Waals surface area contributed by atoms with Crippen LogP contribution in [0.2, 0.25) is 10.0 Å². The highest BCUT2D eigenvalue weighted by molar-refractivity contribution is 7.91. The van der Waals surface area contributed by atoms with Crippen molar-refractivity contribution in [2.45, 2.75) is 37.4 Å². The first-order valence-corrected chi connectivity index (χ1v) is 14.8. The predicted molar refractivity (Wildman–Crippen MR) is 143 cm³/mol. The van der Waals surface area contributed by atoms with E-state index in [0.29, 0.717) is 27.2 Å². The summed E-state index contributed by atoms with van der Waals surface area (Å²) in [6, 6.07) is 8.55. The Morgan fingerprint density at radius 3 is 2.43 bits per heavy atom. The average molecular weight is 540 g/mol. The Morgan fingerprint density at radius 1 is 1.06 bits per heavy atom. The Labute approximate surface area is 217 Å². The molecule has 2 aliphatic rings. The van der Waals surface area contributed by atoms with Crippen molar-refractivity contribution in [3.63, 3.8) is 0 Å². The Hall–Kier alpha value is -1.87. The molecular weight excluding hydrogens is 507 g/mol. The van der Waals surface area contributed by atoms with Crippen LogP contribution in [0.1, 0.15) is 42.5 Å². The number of pyridine rings is 1. The number of carbonyl (C=O) groups excluding carboxylic acids is 1. The van der Waals surface area contributed by atoms with Gasteiger partial charge in [0.2, 0.25) is 0 Å². The van der Waals surface area contributed by atoms with Gasteiger partial charge in [0, 0.05) is 36.1 Å². The van der Waals surface area contributed by atoms with Crippen molar-refractivity contribution in [2.75, 3.05) is 49.2 Å². The van der Waals surface area contributed by atoms with Crippen molar-refractivity contribution in [1.82, 2.24) is 9.88 Å². The Kier molecular flexibility index (Phi) is 8.58. The average Bonchev–Trinajstić information content (AvgIpc) is 2.83. The van der Waals surface area contributed by atoms with Gasteiger partial charge in [-0.3, -0.25) is 4.79 Å². The highest BCUT2D eigenvalue weighted by Gasteiger charge is 2.28. The van der Waals surface area contributed by atoms with Gasteiger partial charge in [0.25, 0.3) is 5.91 Å². The van der Waals surface area contributed by atoms with Gasteiger partial charge in [-0.1, -0.05) is 29.3 Å². The molecule has 1 aromatic heterocycles. The molecule has 2 saturated heterocycles. The van der Waals surface area contributed by atoms with E-state index in [0.717, 1.165) is 70.6 Å². The van der Waals surface area contributed by atoms with Crippen molar-refractivity contribution in [3.05, 3.63) is 52.1 Å². The second-order valence-electron chi connectivity index (χ2n) is 9.58. The van der Waals surface area contributed by atoms with Crippen LogP contribution in [0.15, 0.2) is 36.5 Å². The number of likely N-dealkylation sites (tertiary alicyclic amines) is 1. The third-order valence-electron chi connectivity index (χ3n) is 7.08. The number of nitrogens with one attached hydrogen (secondary N) is 1. The number of rotatable bonds is 7. The number of hydrogen-bond acceptors (Lipinski definition) is 6. The number of piperidine rings is 2. The maximum Gasteiger partial charge on any atom is 0.255 e. The van der Waals surface area contributed by atoms with E-state index >= 15 is 0 Å². The quantitative estimate of drug-likeness (QED) is 0.547. The van der Waals surface area contributed by atoms with E-state index in [4.69, 9.17) is 23.2 Å². The van der Waals surface area contributed by atoms with Gasteiger partial charge in [-0.15, -0.1) is 0 Å². The lowest BCUT2D eigenvalue weighted by atomic mass is 9.93. The number of aromatic nitrogens is 1. The van der Waals surface area contributed by atoms with Crippen LogP contribution >= 0.6 is 23.2 Å². The van der Waals surface area contributed by atoms with Gasteiger partial charge in [-0.05, 0) is 81.9 Å². The molecule has 190 valence electrons. The summed E-state index contributed by atoms with van der Waals surface area (Å²) in [4.78, 5) is 21.9. The lowest BCUT2D eigenvalue weighted by molar-refractivity contribution is 0.102. The van der Waals surface area contributed by atoms with Gasteiger partial charge in [0.05, 0.1) is 16.0 Å². The van der Waals surface area contributed by atoms with Crippen LogP contribution in [0.5, 0.6) is 0 Å². The predicted octanol–water partition coefficient (Wildman–Crippen LogP) is 4.76. The lowest BCUT2D eigenvalue weighted by Gasteiger charge is -2.36. The lowest BCUT2D eigenvalue weighted by Crippen LogP contribution is -2.40. The van der Waals surface area contributed by atoms with Crippen molar-refractivity contribution in [2.24, 2.45) is 5.92 Å². The number of carbonyl (C=O) groups is 1. The summed E-state index contributed by atoms with van der Waals surface area (Å²) in [6.45, 7) is 4.45. The van der Waals surface area contributed by atoms with Crippen LogP contribution < -0.4 is 10.2 Å². The number of nitrogens with zero attached hydrogens (tertiary/aromatic N) is 3. The van der Waals surface area contributed by atoms with E-state index in [1.54, 1.807) is 36.5 Å². The third kappa shape index (κ3) is 7.09. The zero-order valence-corrected chi connectivity index (χ0v) is 22.2. The molecule has 0 spiro atoms. The monoisotopic (exact) mass is 538 g/mol. The first-order chi connectivity index (χ1) is 16.7. The number of halogens is 2. The molecule has 7 nitrogen and oxygen atoms in total. The minimum atomic E-state index is -2.93. The zero-order valence-electron chi connectivity index (χ0n) is 19.9. The number of hydrogen-bond donors (Lipinski definition) is 1. The summed E-state index contributed by atoms with van der Waals surface area (Å²) in [5.74, 6) is 1.09. The Morgan fingerprint density at radius 2 is 1.77 bits per heavy atom. The molecule has 0 radical (unpaired) electrons. The molecule has 1 N–H and O–H groups in total. The highest BCUT2D eigenvalue weighted by atomic mass is 35.5. The second kappa shape index (κ2) is 11.5. The van der Waals surface area contributed by atoms with Crippen LogP contribution in [-0.2, 0) is 9.84 Å². The summed E-state index contributed by atoms with van der Waals surface area (Å²) < 4.78 is 23.5. The van der Waals surface area contributed by atoms with Gasteiger partial charge in [-0.25, -0.2) is 13.4 Å². The number of anilines is 2. The van der Waals surface area contributed by atoms with E-state index < -0.39 is 9.84 Å². The van der Waals surface area contributed by atoms with Crippen molar-refractivity contribution < 1.29 is 13.2 Å². The maximum absolute atomic E-state index is 12.8. The second-order valence-corrected chi connectivity index (χ2v) is 12.8. The molecule has 1 amide bonds. The van der Waals surface area contributed by atoms with E-state index in [2.05, 4.69) is 20.1 Å². The smallest absolute Gasteiger partial charge is 0.255 e. The van der Waals surface area contributed by atoms with Gasteiger partial charge in [-0.2, -0.15) is 0 Å². The summed E-state index contributed by atoms with van der Waals surface area (Å²) in [7, 11) is -2.93. The van der Waals surface area contributed by atoms with Crippen molar-refractivity contribution >= 4 is 50.5 Å². The highest BCUT2D eigenvalue weighted by Crippen LogP contribution is 2.31. The SMILES string of the molecule is CS(=O)(=O)C1CCN(CCC2CCN(c3ncc(Cl)cc3NC(=O)c3cccc(Cl)c3)CC2)CC1. The molecule has 10 heteroatoms. The Bertz CT molecular complexity index is 1150. The topological polar surface area (TPSA) is 82.6 Å². The number of benzene rings is 1. The van der Waals surface area contributed by atoms with Gasteiger partial charge in [0.15, 0.2) is 5.82 Å². The van der Waals surface area contributed by atoms with E-state index in [1.807, 2.05) is 0 Å². The first kappa shape index (κ1) is 26.2. The van der Waals surface area contributed by atoms with Crippen LogP contribution in [0.4, 0.5) is 11.5 Å². The molecule has 2 fully saturated rings. The Balaban J connectivity index is 1.30. The van der Waals surface area contributed by atoms with Crippen LogP contribution in [-0.4, -0.2) is 68.4 Å². The summed E-state index contributed by atoms with van der Waals surface area (Å²) >= 11 is 12.2. The van der Waals surface area contributed by atoms with E-state index in [9.17, 15) is 13.2 Å². The van der Waals surface area contributed by atoms with E-state index in [1.165, 1.54) is 6.26 Å². The van der Waals surface area contributed by atoms with Crippen molar-refractivity contribution in [3.8, 4) is 0 Å². The molecule has 35 heavy (non-hydrogen) atoms. The molecule has 0 unspecified atom stereocenters. The van der Waals surface area contributed by atoms with Gasteiger partial charge >= 0.3 is 0 Å². The standard InChI is InChI=1S/C25H32Cl2N4O3S/c1-35(33,34)22-8-11-30(12-9-22)10-5-18-6-13-31(14-7-18)24-23(16-21(27)17-28-24)29-25(32)19-3-2-4-20(26)15-19/h2-4,15-18,22H,5-14H2,1H3,(H,29,32). The zero-order chi connectivity index (χ0) is 25.0. The molecule has 0 bridgehead atoms. The molecule has 3 heterocycles. The number of sulfone groups is 1. The molecule has 2 aliphatic heterocycles. The first-order valence-electron chi connectivity index (χ1n) is 12.1. The maximum atomic E-state index is 12.8. The molecule has 0 aliphatic carbocycles. The molecular formula is C25H32Cl2N4O3S. The fraction of sp³-hybridized carbons (Fsp3) is 0.520. The van der Waals surface area contributed by atoms with Crippen LogP contribution in [0.3, 0.4) is 0 Å². The molecule has 0 atom stereocenters.